The van der Waals surface area contributed by atoms with Gasteiger partial charge in [0, 0.05) is 5.69 Å². The number of nitrogens with two attached hydrogens (primary N) is 1. The van der Waals surface area contributed by atoms with Crippen molar-refractivity contribution < 1.29 is 8.78 Å². The van der Waals surface area contributed by atoms with Crippen LogP contribution in [0.3, 0.4) is 0 Å². The number of hydrogen-bond donors (Lipinski definition) is 2. The van der Waals surface area contributed by atoms with Gasteiger partial charge in [-0.05, 0) is 30.7 Å². The molecule has 0 aliphatic carbocycles. The third-order valence-corrected chi connectivity index (χ3v) is 2.20. The van der Waals surface area contributed by atoms with Gasteiger partial charge in [0.05, 0.1) is 24.7 Å². The monoisotopic (exact) mass is 225 g/mol. The average Bonchev–Trinajstić information content (AvgIpc) is 2.27. The van der Waals surface area contributed by atoms with Crippen LogP contribution >= 0.6 is 0 Å². The summed E-state index contributed by atoms with van der Waals surface area (Å²) in [5.41, 5.74) is 6.76. The highest BCUT2D eigenvalue weighted by Gasteiger charge is 2.26. The quantitative estimate of drug-likeness (QED) is 0.822. The highest BCUT2D eigenvalue weighted by atomic mass is 19.3. The van der Waals surface area contributed by atoms with Crippen LogP contribution in [0.4, 0.5) is 14.5 Å². The maximum atomic E-state index is 12.8. The normalized spacial score (nSPS) is 10.9. The molecule has 16 heavy (non-hydrogen) atoms. The summed E-state index contributed by atoms with van der Waals surface area (Å²) in [5, 5.41) is 11.3. The van der Waals surface area contributed by atoms with Gasteiger partial charge in [-0.25, -0.2) is 8.78 Å². The Hall–Kier alpha value is -1.67. The van der Waals surface area contributed by atoms with E-state index in [9.17, 15) is 8.78 Å². The Labute approximate surface area is 92.9 Å². The van der Waals surface area contributed by atoms with E-state index in [4.69, 9.17) is 11.0 Å². The SMILES string of the molecule is Cc1cc(NCC(F)(F)CN)ccc1C#N. The van der Waals surface area contributed by atoms with Crippen molar-refractivity contribution in [3.8, 4) is 6.07 Å². The maximum absolute atomic E-state index is 12.8. The summed E-state index contributed by atoms with van der Waals surface area (Å²) < 4.78 is 25.7. The summed E-state index contributed by atoms with van der Waals surface area (Å²) in [6.07, 6.45) is 0. The molecule has 0 aliphatic rings. The Bertz CT molecular complexity index is 410. The van der Waals surface area contributed by atoms with Gasteiger partial charge in [0.2, 0.25) is 0 Å². The summed E-state index contributed by atoms with van der Waals surface area (Å²) in [7, 11) is 0. The Morgan fingerprint density at radius 2 is 2.19 bits per heavy atom. The molecule has 1 rings (SSSR count). The third-order valence-electron chi connectivity index (χ3n) is 2.20. The van der Waals surface area contributed by atoms with E-state index >= 15 is 0 Å². The van der Waals surface area contributed by atoms with Gasteiger partial charge in [-0.1, -0.05) is 0 Å². The fourth-order valence-corrected chi connectivity index (χ4v) is 1.20. The highest BCUT2D eigenvalue weighted by molar-refractivity contribution is 5.51. The van der Waals surface area contributed by atoms with Crippen LogP contribution in [0, 0.1) is 18.3 Å². The maximum Gasteiger partial charge on any atom is 0.276 e. The lowest BCUT2D eigenvalue weighted by Crippen LogP contribution is -2.35. The zero-order chi connectivity index (χ0) is 12.2. The summed E-state index contributed by atoms with van der Waals surface area (Å²) >= 11 is 0. The van der Waals surface area contributed by atoms with E-state index in [1.54, 1.807) is 25.1 Å². The van der Waals surface area contributed by atoms with Crippen LogP contribution in [0.1, 0.15) is 11.1 Å². The van der Waals surface area contributed by atoms with Gasteiger partial charge in [0.25, 0.3) is 5.92 Å². The van der Waals surface area contributed by atoms with E-state index < -0.39 is 19.0 Å². The number of halogens is 2. The molecule has 3 N–H and O–H groups in total. The summed E-state index contributed by atoms with van der Waals surface area (Å²) in [5.74, 6) is -2.91. The van der Waals surface area contributed by atoms with Crippen molar-refractivity contribution in [2.45, 2.75) is 12.8 Å². The van der Waals surface area contributed by atoms with Gasteiger partial charge in [-0.15, -0.1) is 0 Å². The third kappa shape index (κ3) is 3.17. The Morgan fingerprint density at radius 1 is 1.50 bits per heavy atom. The fourth-order valence-electron chi connectivity index (χ4n) is 1.20. The minimum atomic E-state index is -2.91. The topological polar surface area (TPSA) is 61.8 Å². The number of aryl methyl sites for hydroxylation is 1. The molecule has 3 nitrogen and oxygen atoms in total. The fraction of sp³-hybridized carbons (Fsp3) is 0.364. The molecule has 0 fully saturated rings. The van der Waals surface area contributed by atoms with E-state index in [1.807, 2.05) is 6.07 Å². The number of alkyl halides is 2. The molecule has 0 aromatic heterocycles. The van der Waals surface area contributed by atoms with Crippen LogP contribution in [0.15, 0.2) is 18.2 Å². The zero-order valence-electron chi connectivity index (χ0n) is 8.93. The smallest absolute Gasteiger partial charge is 0.276 e. The number of anilines is 1. The molecule has 0 amide bonds. The number of benzene rings is 1. The molecule has 0 heterocycles. The largest absolute Gasteiger partial charge is 0.379 e. The van der Waals surface area contributed by atoms with Gasteiger partial charge < -0.3 is 11.1 Å². The molecule has 0 atom stereocenters. The van der Waals surface area contributed by atoms with Crippen molar-refractivity contribution in [2.75, 3.05) is 18.4 Å². The Kier molecular flexibility index (Phi) is 3.80. The first-order valence-electron chi connectivity index (χ1n) is 4.81. The molecule has 1 aromatic carbocycles. The molecule has 0 bridgehead atoms. The van der Waals surface area contributed by atoms with Gasteiger partial charge in [0.15, 0.2) is 0 Å². The first-order chi connectivity index (χ1) is 7.48. The van der Waals surface area contributed by atoms with E-state index in [0.717, 1.165) is 5.56 Å². The molecule has 1 aromatic rings. The molecular weight excluding hydrogens is 212 g/mol. The first kappa shape index (κ1) is 12.4. The van der Waals surface area contributed by atoms with Crippen molar-refractivity contribution in [3.63, 3.8) is 0 Å². The van der Waals surface area contributed by atoms with Crippen LogP contribution in [0.25, 0.3) is 0 Å². The lowest BCUT2D eigenvalue weighted by Gasteiger charge is -2.15. The lowest BCUT2D eigenvalue weighted by molar-refractivity contribution is 0.0254. The Balaban J connectivity index is 2.70. The molecule has 0 unspecified atom stereocenters. The molecule has 0 saturated heterocycles. The van der Waals surface area contributed by atoms with Gasteiger partial charge in [-0.3, -0.25) is 0 Å². The van der Waals surface area contributed by atoms with Crippen LogP contribution in [0.2, 0.25) is 0 Å². The highest BCUT2D eigenvalue weighted by Crippen LogP contribution is 2.17. The lowest BCUT2D eigenvalue weighted by atomic mass is 10.1. The minimum Gasteiger partial charge on any atom is -0.379 e. The van der Waals surface area contributed by atoms with E-state index in [-0.39, 0.29) is 0 Å². The summed E-state index contributed by atoms with van der Waals surface area (Å²) in [6, 6.07) is 6.86. The molecule has 0 spiro atoms. The molecule has 0 saturated carbocycles. The van der Waals surface area contributed by atoms with Crippen LogP contribution in [0.5, 0.6) is 0 Å². The molecule has 0 aliphatic heterocycles. The number of rotatable bonds is 4. The van der Waals surface area contributed by atoms with Crippen LogP contribution in [-0.4, -0.2) is 19.0 Å². The second-order valence-electron chi connectivity index (χ2n) is 3.56. The zero-order valence-corrected chi connectivity index (χ0v) is 8.93. The van der Waals surface area contributed by atoms with Gasteiger partial charge in [-0.2, -0.15) is 5.26 Å². The molecular formula is C11H13F2N3. The predicted octanol–water partition coefficient (Wildman–Crippen LogP) is 1.87. The number of hydrogen-bond acceptors (Lipinski definition) is 3. The van der Waals surface area contributed by atoms with Gasteiger partial charge >= 0.3 is 0 Å². The van der Waals surface area contributed by atoms with Gasteiger partial charge in [0.1, 0.15) is 0 Å². The standard InChI is InChI=1S/C11H13F2N3/c1-8-4-10(3-2-9(8)5-14)16-7-11(12,13)6-15/h2-4,16H,6-7,15H2,1H3. The number of nitrogens with zero attached hydrogens (tertiary/aromatic N) is 1. The first-order valence-corrected chi connectivity index (χ1v) is 4.81. The second kappa shape index (κ2) is 4.90. The second-order valence-corrected chi connectivity index (χ2v) is 3.56. The molecule has 5 heteroatoms. The average molecular weight is 225 g/mol. The van der Waals surface area contributed by atoms with Crippen molar-refractivity contribution >= 4 is 5.69 Å². The van der Waals surface area contributed by atoms with Crippen molar-refractivity contribution in [3.05, 3.63) is 29.3 Å². The Morgan fingerprint density at radius 3 is 2.69 bits per heavy atom. The van der Waals surface area contributed by atoms with Crippen molar-refractivity contribution in [2.24, 2.45) is 5.73 Å². The van der Waals surface area contributed by atoms with E-state index in [1.165, 1.54) is 0 Å². The van der Waals surface area contributed by atoms with Crippen molar-refractivity contribution in [1.29, 1.82) is 5.26 Å². The minimum absolute atomic E-state index is 0.505. The van der Waals surface area contributed by atoms with E-state index in [0.29, 0.717) is 11.3 Å². The van der Waals surface area contributed by atoms with Crippen LogP contribution in [-0.2, 0) is 0 Å². The summed E-state index contributed by atoms with van der Waals surface area (Å²) in [6.45, 7) is 0.564. The summed E-state index contributed by atoms with van der Waals surface area (Å²) in [4.78, 5) is 0. The predicted molar refractivity (Wildman–Crippen MR) is 58.4 cm³/mol. The molecule has 86 valence electrons. The number of nitrogens with one attached hydrogen (secondary N) is 1. The van der Waals surface area contributed by atoms with Crippen LogP contribution < -0.4 is 11.1 Å². The van der Waals surface area contributed by atoms with E-state index in [2.05, 4.69) is 5.32 Å². The van der Waals surface area contributed by atoms with Crippen molar-refractivity contribution in [1.82, 2.24) is 0 Å². The molecule has 0 radical (unpaired) electrons. The number of nitriles is 1.